The molecule has 1 aromatic heterocycles. The molecule has 0 unspecified atom stereocenters. The zero-order valence-electron chi connectivity index (χ0n) is 5.57. The number of nitrogens with zero attached hydrogens (tertiary/aromatic N) is 2. The van der Waals surface area contributed by atoms with E-state index in [2.05, 4.69) is 17.6 Å². The zero-order chi connectivity index (χ0) is 6.85. The van der Waals surface area contributed by atoms with Gasteiger partial charge >= 0.3 is 0 Å². The molecule has 0 aliphatic rings. The Kier molecular flexibility index (Phi) is 1.81. The van der Waals surface area contributed by atoms with Crippen LogP contribution in [-0.2, 0) is 7.05 Å². The minimum Gasteiger partial charge on any atom is -0.337 e. The summed E-state index contributed by atoms with van der Waals surface area (Å²) >= 11 is 4.24. The van der Waals surface area contributed by atoms with Gasteiger partial charge in [0.1, 0.15) is 5.82 Å². The number of thiol groups is 1. The summed E-state index contributed by atoms with van der Waals surface area (Å²) in [5.74, 6) is 1.01. The molecule has 50 valence electrons. The van der Waals surface area contributed by atoms with Crippen LogP contribution in [0.4, 0.5) is 0 Å². The lowest BCUT2D eigenvalue weighted by Crippen LogP contribution is -1.96. The van der Waals surface area contributed by atoms with Crippen molar-refractivity contribution in [2.45, 2.75) is 12.2 Å². The summed E-state index contributed by atoms with van der Waals surface area (Å²) < 4.78 is 1.97. The first kappa shape index (κ1) is 6.68. The Morgan fingerprint density at radius 3 is 2.67 bits per heavy atom. The van der Waals surface area contributed by atoms with Crippen LogP contribution in [0.2, 0.25) is 0 Å². The molecule has 9 heavy (non-hydrogen) atoms. The quantitative estimate of drug-likeness (QED) is 0.587. The molecule has 0 saturated carbocycles. The van der Waals surface area contributed by atoms with Crippen LogP contribution in [-0.4, -0.2) is 9.55 Å². The van der Waals surface area contributed by atoms with E-state index in [0.717, 1.165) is 5.82 Å². The molecule has 0 aromatic carbocycles. The van der Waals surface area contributed by atoms with Crippen LogP contribution in [0.25, 0.3) is 0 Å². The first-order chi connectivity index (χ1) is 4.22. The molecule has 2 nitrogen and oxygen atoms in total. The third-order valence-corrected chi connectivity index (χ3v) is 1.46. The highest BCUT2D eigenvalue weighted by atomic mass is 32.1. The van der Waals surface area contributed by atoms with Crippen molar-refractivity contribution in [3.05, 3.63) is 18.2 Å². The molecule has 3 heteroatoms. The molecule has 0 amide bonds. The average Bonchev–Trinajstić information content (AvgIpc) is 2.13. The molecule has 1 rings (SSSR count). The van der Waals surface area contributed by atoms with Crippen LogP contribution in [0.15, 0.2) is 12.4 Å². The summed E-state index contributed by atoms with van der Waals surface area (Å²) in [6, 6.07) is 0. The van der Waals surface area contributed by atoms with E-state index in [1.807, 2.05) is 24.7 Å². The minimum absolute atomic E-state index is 0.227. The SMILES string of the molecule is C[C@@H](S)c1nccn1C. The molecule has 0 bridgehead atoms. The highest BCUT2D eigenvalue weighted by Crippen LogP contribution is 2.14. The van der Waals surface area contributed by atoms with Gasteiger partial charge in [-0.25, -0.2) is 4.98 Å². The van der Waals surface area contributed by atoms with Gasteiger partial charge < -0.3 is 4.57 Å². The van der Waals surface area contributed by atoms with Crippen molar-refractivity contribution < 1.29 is 0 Å². The molecular weight excluding hydrogens is 132 g/mol. The lowest BCUT2D eigenvalue weighted by Gasteiger charge is -2.01. The summed E-state index contributed by atoms with van der Waals surface area (Å²) in [4.78, 5) is 4.10. The third kappa shape index (κ3) is 1.27. The first-order valence-electron chi connectivity index (χ1n) is 2.87. The van der Waals surface area contributed by atoms with Crippen molar-refractivity contribution >= 4 is 12.6 Å². The Hall–Kier alpha value is -0.440. The Morgan fingerprint density at radius 2 is 2.44 bits per heavy atom. The fourth-order valence-corrected chi connectivity index (χ4v) is 1.03. The summed E-state index contributed by atoms with van der Waals surface area (Å²) in [5, 5.41) is 0.227. The van der Waals surface area contributed by atoms with Gasteiger partial charge in [0.05, 0.1) is 5.25 Å². The number of aromatic nitrogens is 2. The second-order valence-corrected chi connectivity index (χ2v) is 2.85. The predicted molar refractivity (Wildman–Crippen MR) is 40.6 cm³/mol. The van der Waals surface area contributed by atoms with Gasteiger partial charge in [-0.15, -0.1) is 0 Å². The summed E-state index contributed by atoms with van der Waals surface area (Å²) in [7, 11) is 1.97. The van der Waals surface area contributed by atoms with Gasteiger partial charge in [-0.1, -0.05) is 0 Å². The Balaban J connectivity index is 2.94. The summed E-state index contributed by atoms with van der Waals surface area (Å²) in [6.45, 7) is 2.01. The molecule has 1 heterocycles. The maximum absolute atomic E-state index is 4.24. The molecule has 0 saturated heterocycles. The molecular formula is C6H10N2S. The van der Waals surface area contributed by atoms with Crippen molar-refractivity contribution in [2.24, 2.45) is 7.05 Å². The van der Waals surface area contributed by atoms with Gasteiger partial charge in [0, 0.05) is 19.4 Å². The molecule has 0 spiro atoms. The Bertz CT molecular complexity index is 193. The average molecular weight is 142 g/mol. The predicted octanol–water partition coefficient (Wildman–Crippen LogP) is 1.41. The maximum atomic E-state index is 4.24. The van der Waals surface area contributed by atoms with Gasteiger partial charge in [-0.05, 0) is 6.92 Å². The van der Waals surface area contributed by atoms with Crippen LogP contribution in [0.5, 0.6) is 0 Å². The van der Waals surface area contributed by atoms with E-state index < -0.39 is 0 Å². The standard InChI is InChI=1S/C6H10N2S/c1-5(9)6-7-3-4-8(6)2/h3-5,9H,1-2H3/t5-/m1/s1. The zero-order valence-corrected chi connectivity index (χ0v) is 6.47. The van der Waals surface area contributed by atoms with Crippen molar-refractivity contribution in [3.8, 4) is 0 Å². The number of imidazole rings is 1. The van der Waals surface area contributed by atoms with E-state index in [4.69, 9.17) is 0 Å². The van der Waals surface area contributed by atoms with Gasteiger partial charge in [-0.2, -0.15) is 12.6 Å². The van der Waals surface area contributed by atoms with Gasteiger partial charge in [0.25, 0.3) is 0 Å². The number of aryl methyl sites for hydroxylation is 1. The van der Waals surface area contributed by atoms with E-state index >= 15 is 0 Å². The number of hydrogen-bond donors (Lipinski definition) is 1. The van der Waals surface area contributed by atoms with E-state index in [1.54, 1.807) is 6.20 Å². The summed E-state index contributed by atoms with van der Waals surface area (Å²) in [6.07, 6.45) is 3.70. The van der Waals surface area contributed by atoms with E-state index in [1.165, 1.54) is 0 Å². The fraction of sp³-hybridized carbons (Fsp3) is 0.500. The molecule has 0 aliphatic heterocycles. The van der Waals surface area contributed by atoms with Crippen LogP contribution in [0, 0.1) is 0 Å². The lowest BCUT2D eigenvalue weighted by molar-refractivity contribution is 0.800. The molecule has 1 atom stereocenters. The Labute approximate surface area is 60.3 Å². The van der Waals surface area contributed by atoms with Gasteiger partial charge in [0.2, 0.25) is 0 Å². The minimum atomic E-state index is 0.227. The molecule has 0 N–H and O–H groups in total. The topological polar surface area (TPSA) is 17.8 Å². The van der Waals surface area contributed by atoms with Crippen LogP contribution in [0.3, 0.4) is 0 Å². The second-order valence-electron chi connectivity index (χ2n) is 2.07. The first-order valence-corrected chi connectivity index (χ1v) is 3.38. The van der Waals surface area contributed by atoms with Crippen LogP contribution in [0.1, 0.15) is 18.0 Å². The summed E-state index contributed by atoms with van der Waals surface area (Å²) in [5.41, 5.74) is 0. The van der Waals surface area contributed by atoms with Crippen molar-refractivity contribution in [1.29, 1.82) is 0 Å². The largest absolute Gasteiger partial charge is 0.337 e. The van der Waals surface area contributed by atoms with Crippen LogP contribution < -0.4 is 0 Å². The lowest BCUT2D eigenvalue weighted by atomic mass is 10.4. The van der Waals surface area contributed by atoms with E-state index in [0.29, 0.717) is 0 Å². The highest BCUT2D eigenvalue weighted by Gasteiger charge is 2.02. The molecule has 0 aliphatic carbocycles. The number of hydrogen-bond acceptors (Lipinski definition) is 2. The second kappa shape index (κ2) is 2.43. The smallest absolute Gasteiger partial charge is 0.120 e. The monoisotopic (exact) mass is 142 g/mol. The molecule has 0 radical (unpaired) electrons. The normalized spacial score (nSPS) is 13.7. The van der Waals surface area contributed by atoms with E-state index in [9.17, 15) is 0 Å². The van der Waals surface area contributed by atoms with Crippen molar-refractivity contribution in [1.82, 2.24) is 9.55 Å². The molecule has 1 aromatic rings. The number of rotatable bonds is 1. The highest BCUT2D eigenvalue weighted by molar-refractivity contribution is 7.80. The van der Waals surface area contributed by atoms with E-state index in [-0.39, 0.29) is 5.25 Å². The fourth-order valence-electron chi connectivity index (χ4n) is 0.780. The van der Waals surface area contributed by atoms with Gasteiger partial charge in [-0.3, -0.25) is 0 Å². The van der Waals surface area contributed by atoms with Crippen molar-refractivity contribution in [2.75, 3.05) is 0 Å². The van der Waals surface area contributed by atoms with Gasteiger partial charge in [0.15, 0.2) is 0 Å². The molecule has 0 fully saturated rings. The van der Waals surface area contributed by atoms with Crippen LogP contribution >= 0.6 is 12.6 Å². The maximum Gasteiger partial charge on any atom is 0.120 e. The van der Waals surface area contributed by atoms with Crippen molar-refractivity contribution in [3.63, 3.8) is 0 Å². The third-order valence-electron chi connectivity index (χ3n) is 1.23. The Morgan fingerprint density at radius 1 is 1.78 bits per heavy atom.